The highest BCUT2D eigenvalue weighted by molar-refractivity contribution is 7.80. The molecule has 0 aliphatic carbocycles. The van der Waals surface area contributed by atoms with Crippen LogP contribution in [0.25, 0.3) is 0 Å². The molecule has 0 saturated carbocycles. The molecule has 1 atom stereocenters. The lowest BCUT2D eigenvalue weighted by atomic mass is 10.1. The Morgan fingerprint density at radius 2 is 1.37 bits per heavy atom. The molecule has 238 valence electrons. The number of thiocarbonyl (C=S) groups is 1. The summed E-state index contributed by atoms with van der Waals surface area (Å²) in [6.07, 6.45) is 29.6. The summed E-state index contributed by atoms with van der Waals surface area (Å²) < 4.78 is 8.62. The van der Waals surface area contributed by atoms with Crippen LogP contribution in [0.3, 0.4) is 0 Å². The second-order valence-electron chi connectivity index (χ2n) is 12.5. The zero-order valence-electron chi connectivity index (χ0n) is 27.9. The third-order valence-electron chi connectivity index (χ3n) is 8.53. The quantitative estimate of drug-likeness (QED) is 0.0505. The molecule has 0 N–H and O–H groups in total. The number of aryl methyl sites for hydroxylation is 2. The minimum atomic E-state index is 0.371. The fourth-order valence-electron chi connectivity index (χ4n) is 5.77. The second kappa shape index (κ2) is 26.5. The van der Waals surface area contributed by atoms with Crippen molar-refractivity contribution in [2.45, 2.75) is 175 Å². The largest absolute Gasteiger partial charge is 0.495 e. The molecule has 3 nitrogen and oxygen atoms in total. The molecule has 0 bridgehead atoms. The van der Waals surface area contributed by atoms with Crippen LogP contribution in [0.5, 0.6) is 0 Å². The second-order valence-corrected chi connectivity index (χ2v) is 13.2. The van der Waals surface area contributed by atoms with Gasteiger partial charge in [-0.05, 0) is 108 Å². The van der Waals surface area contributed by atoms with E-state index in [9.17, 15) is 0 Å². The Labute approximate surface area is 261 Å². The van der Waals surface area contributed by atoms with Crippen molar-refractivity contribution >= 4 is 17.1 Å². The van der Waals surface area contributed by atoms with Crippen molar-refractivity contribution in [2.24, 2.45) is 0 Å². The summed E-state index contributed by atoms with van der Waals surface area (Å²) in [5.41, 5.74) is 1.37. The fraction of sp³-hybridized carbons (Fsp3) is 0.811. The summed E-state index contributed by atoms with van der Waals surface area (Å²) in [6.45, 7) is 17.9. The van der Waals surface area contributed by atoms with Gasteiger partial charge in [0.1, 0.15) is 0 Å². The standard InChI is InChI=1S/C37H68N2OS/c1-6-8-9-10-15-20-28-37(7-2)40-35(4)26-18-13-11-16-21-29-38(30-22-17-12-14-19-27-36(5)41)31-24-33-39-32-23-25-34(39)3/h23,25,32,37H,4,6-22,24,26-31,33H2,1-3,5H3. The number of hydrogen-bond donors (Lipinski definition) is 0. The highest BCUT2D eigenvalue weighted by Gasteiger charge is 2.09. The van der Waals surface area contributed by atoms with Crippen LogP contribution >= 0.6 is 12.2 Å². The van der Waals surface area contributed by atoms with Crippen LogP contribution in [-0.4, -0.2) is 40.1 Å². The van der Waals surface area contributed by atoms with Crippen molar-refractivity contribution in [2.75, 3.05) is 19.6 Å². The van der Waals surface area contributed by atoms with E-state index in [0.29, 0.717) is 6.10 Å². The van der Waals surface area contributed by atoms with Gasteiger partial charge in [-0.15, -0.1) is 0 Å². The number of hydrogen-bond acceptors (Lipinski definition) is 3. The van der Waals surface area contributed by atoms with Crippen LogP contribution in [0.2, 0.25) is 0 Å². The molecule has 0 fully saturated rings. The normalized spacial score (nSPS) is 12.2. The van der Waals surface area contributed by atoms with Gasteiger partial charge in [0.05, 0.1) is 11.9 Å². The molecule has 1 unspecified atom stereocenters. The third kappa shape index (κ3) is 22.1. The smallest absolute Gasteiger partial charge is 0.0979 e. The average molecular weight is 589 g/mol. The Hall–Kier alpha value is -1.13. The third-order valence-corrected chi connectivity index (χ3v) is 8.74. The van der Waals surface area contributed by atoms with Crippen LogP contribution in [-0.2, 0) is 11.3 Å². The molecule has 1 rings (SSSR count). The molecule has 0 aliphatic heterocycles. The molecule has 4 heteroatoms. The van der Waals surface area contributed by atoms with Crippen molar-refractivity contribution in [3.8, 4) is 0 Å². The van der Waals surface area contributed by atoms with Gasteiger partial charge in [-0.25, -0.2) is 0 Å². The molecule has 0 spiro atoms. The lowest BCUT2D eigenvalue weighted by Gasteiger charge is -2.23. The van der Waals surface area contributed by atoms with E-state index in [2.05, 4.69) is 62.1 Å². The Morgan fingerprint density at radius 3 is 1.95 bits per heavy atom. The van der Waals surface area contributed by atoms with Gasteiger partial charge in [0.25, 0.3) is 0 Å². The van der Waals surface area contributed by atoms with Gasteiger partial charge in [0.15, 0.2) is 0 Å². The molecular weight excluding hydrogens is 520 g/mol. The predicted molar refractivity (Wildman–Crippen MR) is 186 cm³/mol. The molecule has 0 radical (unpaired) electrons. The first-order valence-corrected chi connectivity index (χ1v) is 18.0. The summed E-state index contributed by atoms with van der Waals surface area (Å²) >= 11 is 5.22. The predicted octanol–water partition coefficient (Wildman–Crippen LogP) is 11.6. The van der Waals surface area contributed by atoms with Crippen molar-refractivity contribution in [1.82, 2.24) is 9.47 Å². The molecule has 0 aromatic carbocycles. The minimum absolute atomic E-state index is 0.371. The SMILES string of the molecule is C=C(CCCCCCCN(CCCCCCCC(C)=S)CCCn1cccc1C)OC(CC)CCCCCCCC. The number of rotatable bonds is 30. The summed E-state index contributed by atoms with van der Waals surface area (Å²) in [4.78, 5) is 3.90. The van der Waals surface area contributed by atoms with E-state index in [1.54, 1.807) is 0 Å². The van der Waals surface area contributed by atoms with Gasteiger partial charge in [-0.1, -0.05) is 103 Å². The monoisotopic (exact) mass is 589 g/mol. The topological polar surface area (TPSA) is 17.4 Å². The van der Waals surface area contributed by atoms with Crippen molar-refractivity contribution in [3.05, 3.63) is 36.4 Å². The molecule has 1 aromatic heterocycles. The van der Waals surface area contributed by atoms with Gasteiger partial charge in [0.2, 0.25) is 0 Å². The Balaban J connectivity index is 2.19. The summed E-state index contributed by atoms with van der Waals surface area (Å²) in [5.74, 6) is 1.02. The summed E-state index contributed by atoms with van der Waals surface area (Å²) in [5, 5.41) is 0. The average Bonchev–Trinajstić information content (AvgIpc) is 3.36. The van der Waals surface area contributed by atoms with Crippen molar-refractivity contribution in [3.63, 3.8) is 0 Å². The van der Waals surface area contributed by atoms with Gasteiger partial charge in [0, 0.05) is 24.9 Å². The first-order chi connectivity index (χ1) is 20.0. The molecule has 0 aliphatic rings. The van der Waals surface area contributed by atoms with Gasteiger partial charge < -0.3 is 14.2 Å². The van der Waals surface area contributed by atoms with Gasteiger partial charge in [-0.2, -0.15) is 0 Å². The fourth-order valence-corrected chi connectivity index (χ4v) is 5.92. The molecule has 0 amide bonds. The van der Waals surface area contributed by atoms with E-state index in [1.165, 1.54) is 141 Å². The number of allylic oxidation sites excluding steroid dienone is 1. The van der Waals surface area contributed by atoms with E-state index in [-0.39, 0.29) is 0 Å². The Morgan fingerprint density at radius 1 is 0.805 bits per heavy atom. The Bertz CT molecular complexity index is 758. The lowest BCUT2D eigenvalue weighted by molar-refractivity contribution is 0.0960. The number of unbranched alkanes of at least 4 members (excludes halogenated alkanes) is 13. The maximum atomic E-state index is 6.23. The first kappa shape index (κ1) is 37.9. The van der Waals surface area contributed by atoms with Crippen molar-refractivity contribution in [1.29, 1.82) is 0 Å². The highest BCUT2D eigenvalue weighted by Crippen LogP contribution is 2.18. The lowest BCUT2D eigenvalue weighted by Crippen LogP contribution is -2.28. The molecule has 0 saturated heterocycles. The zero-order chi connectivity index (χ0) is 30.0. The zero-order valence-corrected chi connectivity index (χ0v) is 28.7. The molecular formula is C37H68N2OS. The van der Waals surface area contributed by atoms with Crippen LogP contribution in [0.15, 0.2) is 30.7 Å². The van der Waals surface area contributed by atoms with E-state index in [1.807, 2.05) is 0 Å². The Kier molecular flexibility index (Phi) is 24.5. The number of aromatic nitrogens is 1. The molecule has 1 heterocycles. The molecule has 1 aromatic rings. The molecule has 41 heavy (non-hydrogen) atoms. The number of nitrogens with zero attached hydrogens (tertiary/aromatic N) is 2. The van der Waals surface area contributed by atoms with Crippen LogP contribution in [0.4, 0.5) is 0 Å². The van der Waals surface area contributed by atoms with Crippen LogP contribution < -0.4 is 0 Å². The van der Waals surface area contributed by atoms with E-state index >= 15 is 0 Å². The highest BCUT2D eigenvalue weighted by atomic mass is 32.1. The maximum absolute atomic E-state index is 6.23. The summed E-state index contributed by atoms with van der Waals surface area (Å²) in [6, 6.07) is 4.38. The summed E-state index contributed by atoms with van der Waals surface area (Å²) in [7, 11) is 0. The first-order valence-electron chi connectivity index (χ1n) is 17.6. The van der Waals surface area contributed by atoms with Gasteiger partial charge in [-0.3, -0.25) is 0 Å². The number of ether oxygens (including phenoxy) is 1. The van der Waals surface area contributed by atoms with E-state index in [4.69, 9.17) is 17.0 Å². The maximum Gasteiger partial charge on any atom is 0.0979 e. The van der Waals surface area contributed by atoms with E-state index < -0.39 is 0 Å². The van der Waals surface area contributed by atoms with Crippen LogP contribution in [0.1, 0.15) is 161 Å². The van der Waals surface area contributed by atoms with Crippen molar-refractivity contribution < 1.29 is 4.74 Å². The van der Waals surface area contributed by atoms with E-state index in [0.717, 1.165) is 36.4 Å². The minimum Gasteiger partial charge on any atom is -0.495 e. The van der Waals surface area contributed by atoms with Gasteiger partial charge >= 0.3 is 0 Å². The van der Waals surface area contributed by atoms with Crippen LogP contribution in [0, 0.1) is 6.92 Å².